The highest BCUT2D eigenvalue weighted by Crippen LogP contribution is 2.27. The number of furan rings is 1. The van der Waals surface area contributed by atoms with Gasteiger partial charge in [-0.2, -0.15) is 0 Å². The lowest BCUT2D eigenvalue weighted by molar-refractivity contribution is -0.0169. The Morgan fingerprint density at radius 1 is 1.19 bits per heavy atom. The number of benzene rings is 1. The molecular formula is C22H25NO4. The lowest BCUT2D eigenvalue weighted by Gasteiger charge is -2.38. The number of aliphatic hydroxyl groups is 2. The summed E-state index contributed by atoms with van der Waals surface area (Å²) in [5.74, 6) is 5.75. The summed E-state index contributed by atoms with van der Waals surface area (Å²) in [6.45, 7) is 4.12. The molecule has 3 rings (SSSR count). The molecule has 0 spiro atoms. The molecule has 1 fully saturated rings. The summed E-state index contributed by atoms with van der Waals surface area (Å²) >= 11 is 0. The molecule has 1 aromatic carbocycles. The van der Waals surface area contributed by atoms with Crippen LogP contribution >= 0.6 is 0 Å². The van der Waals surface area contributed by atoms with Gasteiger partial charge in [-0.15, -0.1) is 0 Å². The number of likely N-dealkylation sites (tertiary alicyclic amines) is 1. The van der Waals surface area contributed by atoms with Crippen LogP contribution in [0.15, 0.2) is 46.9 Å². The van der Waals surface area contributed by atoms with Gasteiger partial charge in [-0.25, -0.2) is 0 Å². The highest BCUT2D eigenvalue weighted by atomic mass is 16.4. The van der Waals surface area contributed by atoms with Crippen molar-refractivity contribution in [3.05, 3.63) is 59.5 Å². The lowest BCUT2D eigenvalue weighted by Crippen LogP contribution is -2.47. The smallest absolute Gasteiger partial charge is 0.289 e. The molecule has 0 unspecified atom stereocenters. The third-order valence-corrected chi connectivity index (χ3v) is 4.67. The van der Waals surface area contributed by atoms with Gasteiger partial charge in [-0.05, 0) is 50.3 Å². The fourth-order valence-electron chi connectivity index (χ4n) is 3.17. The van der Waals surface area contributed by atoms with Crippen LogP contribution in [0.25, 0.3) is 0 Å². The van der Waals surface area contributed by atoms with Gasteiger partial charge < -0.3 is 19.5 Å². The Hall–Kier alpha value is -2.55. The van der Waals surface area contributed by atoms with E-state index in [1.807, 2.05) is 30.3 Å². The predicted molar refractivity (Wildman–Crippen MR) is 102 cm³/mol. The van der Waals surface area contributed by atoms with Crippen molar-refractivity contribution < 1.29 is 19.4 Å². The van der Waals surface area contributed by atoms with Crippen LogP contribution in [0, 0.1) is 11.8 Å². The van der Waals surface area contributed by atoms with Crippen LogP contribution in [0.3, 0.4) is 0 Å². The van der Waals surface area contributed by atoms with E-state index in [-0.39, 0.29) is 11.7 Å². The van der Waals surface area contributed by atoms with Crippen molar-refractivity contribution in [2.24, 2.45) is 0 Å². The topological polar surface area (TPSA) is 73.9 Å². The van der Waals surface area contributed by atoms with Crippen LogP contribution in [0.1, 0.15) is 48.6 Å². The van der Waals surface area contributed by atoms with Gasteiger partial charge in [0.25, 0.3) is 5.91 Å². The zero-order valence-corrected chi connectivity index (χ0v) is 15.7. The Kier molecular flexibility index (Phi) is 5.41. The number of rotatable bonds is 3. The van der Waals surface area contributed by atoms with Crippen molar-refractivity contribution in [3.63, 3.8) is 0 Å². The summed E-state index contributed by atoms with van der Waals surface area (Å²) in [7, 11) is 0. The molecule has 1 amide bonds. The fraction of sp³-hybridized carbons (Fsp3) is 0.409. The van der Waals surface area contributed by atoms with Crippen LogP contribution in [0.4, 0.5) is 0 Å². The summed E-state index contributed by atoms with van der Waals surface area (Å²) in [4.78, 5) is 14.3. The van der Waals surface area contributed by atoms with E-state index >= 15 is 0 Å². The largest absolute Gasteiger partial charge is 0.443 e. The van der Waals surface area contributed by atoms with Gasteiger partial charge in [0, 0.05) is 19.5 Å². The maximum absolute atomic E-state index is 12.6. The van der Waals surface area contributed by atoms with Crippen LogP contribution in [0.2, 0.25) is 0 Å². The van der Waals surface area contributed by atoms with Crippen molar-refractivity contribution in [3.8, 4) is 11.8 Å². The van der Waals surface area contributed by atoms with Crippen molar-refractivity contribution in [2.75, 3.05) is 13.1 Å². The molecule has 2 aromatic rings. The standard InChI is InChI=1S/C22H25NO4/c1-21(2,25)11-10-18-8-9-19(27-18)20(24)23-14-12-22(26,13-15-23)16-17-6-4-3-5-7-17/h3-9,25-26H,12-16H2,1-2H3. The number of nitrogens with zero attached hydrogens (tertiary/aromatic N) is 1. The van der Waals surface area contributed by atoms with Gasteiger partial charge in [0.05, 0.1) is 5.60 Å². The zero-order valence-electron chi connectivity index (χ0n) is 15.7. The van der Waals surface area contributed by atoms with Gasteiger partial charge in [-0.3, -0.25) is 4.79 Å². The third kappa shape index (κ3) is 5.22. The maximum atomic E-state index is 12.6. The molecule has 2 heterocycles. The normalized spacial score (nSPS) is 16.5. The van der Waals surface area contributed by atoms with Gasteiger partial charge in [0.1, 0.15) is 5.60 Å². The SMILES string of the molecule is CC(C)(O)C#Cc1ccc(C(=O)N2CCC(O)(Cc3ccccc3)CC2)o1. The lowest BCUT2D eigenvalue weighted by atomic mass is 9.85. The Bertz CT molecular complexity index is 844. The first-order valence-corrected chi connectivity index (χ1v) is 9.15. The van der Waals surface area contributed by atoms with E-state index in [4.69, 9.17) is 4.42 Å². The van der Waals surface area contributed by atoms with Gasteiger partial charge in [0.15, 0.2) is 11.5 Å². The molecule has 2 N–H and O–H groups in total. The maximum Gasteiger partial charge on any atom is 0.289 e. The molecule has 1 saturated heterocycles. The zero-order chi connectivity index (χ0) is 19.5. The molecule has 1 aliphatic heterocycles. The molecule has 5 nitrogen and oxygen atoms in total. The van der Waals surface area contributed by atoms with Gasteiger partial charge in [-0.1, -0.05) is 36.3 Å². The van der Waals surface area contributed by atoms with Crippen LogP contribution in [-0.2, 0) is 6.42 Å². The van der Waals surface area contributed by atoms with E-state index in [9.17, 15) is 15.0 Å². The Morgan fingerprint density at radius 2 is 1.85 bits per heavy atom. The number of amides is 1. The number of carbonyl (C=O) groups excluding carboxylic acids is 1. The average molecular weight is 367 g/mol. The summed E-state index contributed by atoms with van der Waals surface area (Å²) in [5, 5.41) is 20.5. The second-order valence-corrected chi connectivity index (χ2v) is 7.65. The van der Waals surface area contributed by atoms with E-state index in [1.165, 1.54) is 0 Å². The van der Waals surface area contributed by atoms with E-state index in [1.54, 1.807) is 30.9 Å². The average Bonchev–Trinajstić information content (AvgIpc) is 3.09. The number of hydrogen-bond donors (Lipinski definition) is 2. The van der Waals surface area contributed by atoms with Crippen molar-refractivity contribution in [2.45, 2.75) is 44.3 Å². The van der Waals surface area contributed by atoms with Crippen molar-refractivity contribution in [1.29, 1.82) is 0 Å². The van der Waals surface area contributed by atoms with Gasteiger partial charge in [0.2, 0.25) is 0 Å². The number of piperidine rings is 1. The molecule has 0 saturated carbocycles. The third-order valence-electron chi connectivity index (χ3n) is 4.67. The monoisotopic (exact) mass is 367 g/mol. The molecule has 0 aliphatic carbocycles. The van der Waals surface area contributed by atoms with E-state index in [2.05, 4.69) is 11.8 Å². The fourth-order valence-corrected chi connectivity index (χ4v) is 3.17. The minimum Gasteiger partial charge on any atom is -0.443 e. The quantitative estimate of drug-likeness (QED) is 0.818. The Labute approximate surface area is 159 Å². The highest BCUT2D eigenvalue weighted by molar-refractivity contribution is 5.91. The highest BCUT2D eigenvalue weighted by Gasteiger charge is 2.34. The molecular weight excluding hydrogens is 342 g/mol. The number of hydrogen-bond acceptors (Lipinski definition) is 4. The molecule has 5 heteroatoms. The Morgan fingerprint density at radius 3 is 2.48 bits per heavy atom. The van der Waals surface area contributed by atoms with Crippen molar-refractivity contribution >= 4 is 5.91 Å². The van der Waals surface area contributed by atoms with E-state index in [0.29, 0.717) is 38.1 Å². The molecule has 0 bridgehead atoms. The summed E-state index contributed by atoms with van der Waals surface area (Å²) in [6.07, 6.45) is 1.65. The summed E-state index contributed by atoms with van der Waals surface area (Å²) in [6, 6.07) is 13.1. The summed E-state index contributed by atoms with van der Waals surface area (Å²) in [5.41, 5.74) is -0.807. The molecule has 142 valence electrons. The number of carbonyl (C=O) groups is 1. The first-order chi connectivity index (χ1) is 12.7. The first-order valence-electron chi connectivity index (χ1n) is 9.15. The minimum atomic E-state index is -1.12. The second-order valence-electron chi connectivity index (χ2n) is 7.65. The van der Waals surface area contributed by atoms with Crippen molar-refractivity contribution in [1.82, 2.24) is 4.90 Å². The van der Waals surface area contributed by atoms with Crippen LogP contribution < -0.4 is 0 Å². The molecule has 27 heavy (non-hydrogen) atoms. The molecule has 1 aliphatic rings. The predicted octanol–water partition coefficient (Wildman–Crippen LogP) is 2.61. The first kappa shape index (κ1) is 19.2. The Balaban J connectivity index is 1.60. The minimum absolute atomic E-state index is 0.201. The van der Waals surface area contributed by atoms with E-state index < -0.39 is 11.2 Å². The van der Waals surface area contributed by atoms with Crippen LogP contribution in [-0.4, -0.2) is 45.3 Å². The molecule has 1 aromatic heterocycles. The van der Waals surface area contributed by atoms with Crippen LogP contribution in [0.5, 0.6) is 0 Å². The molecule has 0 atom stereocenters. The van der Waals surface area contributed by atoms with Gasteiger partial charge >= 0.3 is 0 Å². The summed E-state index contributed by atoms with van der Waals surface area (Å²) < 4.78 is 5.50. The second kappa shape index (κ2) is 7.59. The molecule has 0 radical (unpaired) electrons. The van der Waals surface area contributed by atoms with E-state index in [0.717, 1.165) is 5.56 Å².